The van der Waals surface area contributed by atoms with E-state index in [4.69, 9.17) is 5.73 Å². The Kier molecular flexibility index (Phi) is 4.46. The molecule has 6 heteroatoms. The highest BCUT2D eigenvalue weighted by molar-refractivity contribution is 7.99. The summed E-state index contributed by atoms with van der Waals surface area (Å²) >= 11 is 1.49. The highest BCUT2D eigenvalue weighted by atomic mass is 32.2. The van der Waals surface area contributed by atoms with Crippen LogP contribution in [0.5, 0.6) is 0 Å². The average molecular weight is 395 g/mol. The van der Waals surface area contributed by atoms with Crippen molar-refractivity contribution in [2.45, 2.75) is 9.92 Å². The predicted molar refractivity (Wildman–Crippen MR) is 120 cm³/mol. The first-order valence-electron chi connectivity index (χ1n) is 9.16. The lowest BCUT2D eigenvalue weighted by atomic mass is 10.1. The maximum absolute atomic E-state index is 6.44. The van der Waals surface area contributed by atoms with Gasteiger partial charge in [0, 0.05) is 27.6 Å². The van der Waals surface area contributed by atoms with Crippen LogP contribution in [-0.2, 0) is 0 Å². The van der Waals surface area contributed by atoms with Gasteiger partial charge in [0.15, 0.2) is 5.82 Å². The molecule has 5 rings (SSSR count). The number of fused-ring (bicyclic) bond motifs is 2. The predicted octanol–water partition coefficient (Wildman–Crippen LogP) is 5.66. The second kappa shape index (κ2) is 7.41. The van der Waals surface area contributed by atoms with E-state index in [9.17, 15) is 0 Å². The van der Waals surface area contributed by atoms with E-state index in [-0.39, 0.29) is 0 Å². The van der Waals surface area contributed by atoms with Gasteiger partial charge in [-0.15, -0.1) is 0 Å². The summed E-state index contributed by atoms with van der Waals surface area (Å²) in [5.74, 6) is 0.590. The lowest BCUT2D eigenvalue weighted by molar-refractivity contribution is 1.06. The van der Waals surface area contributed by atoms with Crippen molar-refractivity contribution in [3.05, 3.63) is 85.3 Å². The van der Waals surface area contributed by atoms with Crippen LogP contribution in [0.2, 0.25) is 0 Å². The zero-order valence-corrected chi connectivity index (χ0v) is 16.2. The number of hydrogen-bond donors (Lipinski definition) is 2. The van der Waals surface area contributed by atoms with E-state index in [0.29, 0.717) is 16.5 Å². The van der Waals surface area contributed by atoms with Gasteiger partial charge in [-0.25, -0.2) is 9.97 Å². The Balaban J connectivity index is 1.52. The number of para-hydroxylation sites is 1. The van der Waals surface area contributed by atoms with Gasteiger partial charge in [0.25, 0.3) is 0 Å². The van der Waals surface area contributed by atoms with Crippen molar-refractivity contribution in [1.82, 2.24) is 15.0 Å². The molecule has 140 valence electrons. The molecule has 0 amide bonds. The van der Waals surface area contributed by atoms with E-state index in [2.05, 4.69) is 38.5 Å². The Morgan fingerprint density at radius 3 is 2.52 bits per heavy atom. The number of nitrogen functional groups attached to an aromatic ring is 1. The highest BCUT2D eigenvalue weighted by Gasteiger charge is 2.13. The van der Waals surface area contributed by atoms with Gasteiger partial charge in [0.05, 0.1) is 5.52 Å². The Morgan fingerprint density at radius 2 is 1.55 bits per heavy atom. The fraction of sp³-hybridized carbons (Fsp3) is 0. The van der Waals surface area contributed by atoms with Gasteiger partial charge in [0.1, 0.15) is 17.0 Å². The van der Waals surface area contributed by atoms with Gasteiger partial charge in [-0.1, -0.05) is 66.4 Å². The van der Waals surface area contributed by atoms with E-state index in [1.165, 1.54) is 18.1 Å². The molecule has 2 aromatic heterocycles. The maximum atomic E-state index is 6.44. The van der Waals surface area contributed by atoms with Crippen LogP contribution in [0.3, 0.4) is 0 Å². The van der Waals surface area contributed by atoms with Crippen LogP contribution in [0.1, 0.15) is 0 Å². The first kappa shape index (κ1) is 17.5. The van der Waals surface area contributed by atoms with Gasteiger partial charge in [-0.2, -0.15) is 0 Å². The van der Waals surface area contributed by atoms with Gasteiger partial charge >= 0.3 is 0 Å². The summed E-state index contributed by atoms with van der Waals surface area (Å²) in [5.41, 5.74) is 8.84. The SMILES string of the molecule is Nc1c(Nc2cccc3ccccc23)ncnc1Sc1cccc2cccnc12. The smallest absolute Gasteiger partial charge is 0.158 e. The molecule has 0 aliphatic rings. The highest BCUT2D eigenvalue weighted by Crippen LogP contribution is 2.37. The molecule has 0 unspecified atom stereocenters. The largest absolute Gasteiger partial charge is 0.394 e. The molecule has 29 heavy (non-hydrogen) atoms. The minimum absolute atomic E-state index is 0.512. The first-order valence-corrected chi connectivity index (χ1v) is 9.98. The summed E-state index contributed by atoms with van der Waals surface area (Å²) in [5, 5.41) is 7.42. The third kappa shape index (κ3) is 3.34. The van der Waals surface area contributed by atoms with Crippen LogP contribution in [0.25, 0.3) is 21.7 Å². The van der Waals surface area contributed by atoms with E-state index in [1.807, 2.05) is 54.6 Å². The molecule has 2 heterocycles. The second-order valence-corrected chi connectivity index (χ2v) is 7.56. The molecule has 0 saturated heterocycles. The van der Waals surface area contributed by atoms with Crippen LogP contribution >= 0.6 is 11.8 Å². The zero-order valence-electron chi connectivity index (χ0n) is 15.4. The Labute approximate surface area is 172 Å². The molecule has 0 spiro atoms. The first-order chi connectivity index (χ1) is 14.3. The lowest BCUT2D eigenvalue weighted by Gasteiger charge is -2.13. The van der Waals surface area contributed by atoms with Crippen molar-refractivity contribution in [2.75, 3.05) is 11.1 Å². The second-order valence-electron chi connectivity index (χ2n) is 6.53. The number of nitrogens with zero attached hydrogens (tertiary/aromatic N) is 3. The fourth-order valence-electron chi connectivity index (χ4n) is 3.29. The van der Waals surface area contributed by atoms with Crippen molar-refractivity contribution in [3.8, 4) is 0 Å². The van der Waals surface area contributed by atoms with Gasteiger partial charge in [-0.05, 0) is 23.6 Å². The summed E-state index contributed by atoms with van der Waals surface area (Å²) in [6, 6.07) is 24.4. The van der Waals surface area contributed by atoms with Crippen LogP contribution < -0.4 is 11.1 Å². The number of rotatable bonds is 4. The number of nitrogens with two attached hydrogens (primary N) is 1. The van der Waals surface area contributed by atoms with Crippen LogP contribution in [0, 0.1) is 0 Å². The van der Waals surface area contributed by atoms with Gasteiger partial charge < -0.3 is 11.1 Å². The maximum Gasteiger partial charge on any atom is 0.158 e. The number of nitrogens with one attached hydrogen (secondary N) is 1. The third-order valence-electron chi connectivity index (χ3n) is 4.69. The van der Waals surface area contributed by atoms with E-state index in [1.54, 1.807) is 6.20 Å². The van der Waals surface area contributed by atoms with Crippen LogP contribution in [-0.4, -0.2) is 15.0 Å². The van der Waals surface area contributed by atoms with Crippen LogP contribution in [0.15, 0.2) is 95.2 Å². The summed E-state index contributed by atoms with van der Waals surface area (Å²) < 4.78 is 0. The monoisotopic (exact) mass is 395 g/mol. The molecule has 3 aromatic carbocycles. The molecule has 0 aliphatic heterocycles. The van der Waals surface area contributed by atoms with E-state index < -0.39 is 0 Å². The number of anilines is 3. The minimum Gasteiger partial charge on any atom is -0.394 e. The minimum atomic E-state index is 0.512. The molecule has 5 aromatic rings. The Morgan fingerprint density at radius 1 is 0.759 bits per heavy atom. The van der Waals surface area contributed by atoms with Crippen molar-refractivity contribution >= 4 is 50.6 Å². The molecular formula is C23H17N5S. The normalized spacial score (nSPS) is 11.0. The quantitative estimate of drug-likeness (QED) is 0.383. The number of benzene rings is 3. The Bertz CT molecular complexity index is 1230. The summed E-state index contributed by atoms with van der Waals surface area (Å²) in [6.07, 6.45) is 3.33. The van der Waals surface area contributed by atoms with Crippen molar-refractivity contribution in [1.29, 1.82) is 0 Å². The number of aromatic nitrogens is 3. The van der Waals surface area contributed by atoms with Gasteiger partial charge in [-0.3, -0.25) is 4.98 Å². The standard InChI is InChI=1S/C23H17N5S/c24-20-22(28-18-11-3-7-15-6-1-2-10-17(15)18)26-14-27-23(20)29-19-12-4-8-16-9-5-13-25-21(16)19/h1-14H,24H2,(H,26,27,28). The molecular weight excluding hydrogens is 378 g/mol. The lowest BCUT2D eigenvalue weighted by Crippen LogP contribution is -2.02. The van der Waals surface area contributed by atoms with Crippen molar-refractivity contribution in [2.24, 2.45) is 0 Å². The number of hydrogen-bond acceptors (Lipinski definition) is 6. The number of pyridine rings is 1. The van der Waals surface area contributed by atoms with Gasteiger partial charge in [0.2, 0.25) is 0 Å². The fourth-order valence-corrected chi connectivity index (χ4v) is 4.21. The van der Waals surface area contributed by atoms with Crippen molar-refractivity contribution in [3.63, 3.8) is 0 Å². The summed E-state index contributed by atoms with van der Waals surface area (Å²) in [6.45, 7) is 0. The molecule has 0 bridgehead atoms. The van der Waals surface area contributed by atoms with E-state index >= 15 is 0 Å². The van der Waals surface area contributed by atoms with Crippen LogP contribution in [0.4, 0.5) is 17.2 Å². The third-order valence-corrected chi connectivity index (χ3v) is 5.76. The topological polar surface area (TPSA) is 76.7 Å². The molecule has 5 nitrogen and oxygen atoms in total. The molecule has 0 aliphatic carbocycles. The zero-order chi connectivity index (χ0) is 19.6. The molecule has 3 N–H and O–H groups in total. The summed E-state index contributed by atoms with van der Waals surface area (Å²) in [7, 11) is 0. The van der Waals surface area contributed by atoms with E-state index in [0.717, 1.165) is 32.3 Å². The molecule has 0 fully saturated rings. The molecule has 0 saturated carbocycles. The molecule has 0 radical (unpaired) electrons. The average Bonchev–Trinajstić information content (AvgIpc) is 2.77. The summed E-state index contributed by atoms with van der Waals surface area (Å²) in [4.78, 5) is 14.3. The van der Waals surface area contributed by atoms with Crippen molar-refractivity contribution < 1.29 is 0 Å². The molecule has 0 atom stereocenters. The Hall–Kier alpha value is -3.64.